The molecular weight excluding hydrogens is 294 g/mol. The second-order valence-corrected chi connectivity index (χ2v) is 6.12. The molecule has 1 unspecified atom stereocenters. The van der Waals surface area contributed by atoms with Gasteiger partial charge in [-0.1, -0.05) is 26.0 Å². The molecule has 0 bridgehead atoms. The Labute approximate surface area is 137 Å². The fraction of sp³-hybridized carbons (Fsp3) is 0.529. The minimum Gasteiger partial charge on any atom is -0.497 e. The van der Waals surface area contributed by atoms with Crippen LogP contribution < -0.4 is 15.4 Å². The molecule has 1 aliphatic rings. The predicted octanol–water partition coefficient (Wildman–Crippen LogP) is 0.940. The van der Waals surface area contributed by atoms with Crippen LogP contribution in [0.4, 0.5) is 0 Å². The second kappa shape index (κ2) is 7.97. The van der Waals surface area contributed by atoms with Crippen LogP contribution in [0.1, 0.15) is 25.5 Å². The normalized spacial score (nSPS) is 16.8. The molecule has 2 rings (SSSR count). The zero-order chi connectivity index (χ0) is 16.8. The van der Waals surface area contributed by atoms with Crippen molar-refractivity contribution < 1.29 is 14.3 Å². The van der Waals surface area contributed by atoms with Gasteiger partial charge in [0.2, 0.25) is 11.8 Å². The Kier molecular flexibility index (Phi) is 5.98. The number of nitrogens with one attached hydrogen (secondary N) is 2. The van der Waals surface area contributed by atoms with Gasteiger partial charge in [-0.15, -0.1) is 0 Å². The number of carbonyl (C=O) groups excluding carboxylic acids is 2. The largest absolute Gasteiger partial charge is 0.497 e. The summed E-state index contributed by atoms with van der Waals surface area (Å²) in [5, 5.41) is 5.84. The molecule has 0 spiro atoms. The molecule has 0 radical (unpaired) electrons. The molecule has 1 aromatic rings. The summed E-state index contributed by atoms with van der Waals surface area (Å²) < 4.78 is 5.17. The molecule has 1 saturated heterocycles. The van der Waals surface area contributed by atoms with E-state index in [1.807, 2.05) is 29.2 Å². The van der Waals surface area contributed by atoms with E-state index in [9.17, 15) is 9.59 Å². The monoisotopic (exact) mass is 319 g/mol. The van der Waals surface area contributed by atoms with Gasteiger partial charge in [0.05, 0.1) is 26.2 Å². The van der Waals surface area contributed by atoms with Crippen LogP contribution in [0.3, 0.4) is 0 Å². The van der Waals surface area contributed by atoms with E-state index in [1.54, 1.807) is 7.11 Å². The van der Waals surface area contributed by atoms with E-state index in [-0.39, 0.29) is 36.9 Å². The van der Waals surface area contributed by atoms with Crippen molar-refractivity contribution in [1.82, 2.24) is 15.5 Å². The zero-order valence-corrected chi connectivity index (χ0v) is 14.0. The van der Waals surface area contributed by atoms with Crippen LogP contribution in [0.2, 0.25) is 0 Å². The van der Waals surface area contributed by atoms with Crippen LogP contribution in [0, 0.1) is 5.92 Å². The van der Waals surface area contributed by atoms with E-state index >= 15 is 0 Å². The molecule has 126 valence electrons. The summed E-state index contributed by atoms with van der Waals surface area (Å²) >= 11 is 0. The number of nitrogens with zero attached hydrogens (tertiary/aromatic N) is 1. The molecule has 1 atom stereocenters. The number of methoxy groups -OCH3 is 1. The van der Waals surface area contributed by atoms with E-state index in [1.165, 1.54) is 0 Å². The summed E-state index contributed by atoms with van der Waals surface area (Å²) in [5.41, 5.74) is 1.05. The summed E-state index contributed by atoms with van der Waals surface area (Å²) in [6.07, 6.45) is 0. The molecule has 1 heterocycles. The molecule has 6 nitrogen and oxygen atoms in total. The van der Waals surface area contributed by atoms with Gasteiger partial charge in [0.25, 0.3) is 0 Å². The van der Waals surface area contributed by atoms with Crippen LogP contribution >= 0.6 is 0 Å². The number of ether oxygens (including phenoxy) is 1. The van der Waals surface area contributed by atoms with Crippen LogP contribution in [-0.2, 0) is 9.59 Å². The van der Waals surface area contributed by atoms with Crippen molar-refractivity contribution in [1.29, 1.82) is 0 Å². The van der Waals surface area contributed by atoms with Crippen LogP contribution in [0.5, 0.6) is 5.75 Å². The number of amides is 2. The first-order chi connectivity index (χ1) is 11.0. The van der Waals surface area contributed by atoms with Crippen LogP contribution in [0.25, 0.3) is 0 Å². The van der Waals surface area contributed by atoms with Crippen molar-refractivity contribution in [3.63, 3.8) is 0 Å². The van der Waals surface area contributed by atoms with Gasteiger partial charge in [-0.3, -0.25) is 14.5 Å². The van der Waals surface area contributed by atoms with Crippen molar-refractivity contribution in [2.45, 2.75) is 19.9 Å². The fourth-order valence-electron chi connectivity index (χ4n) is 2.69. The van der Waals surface area contributed by atoms with E-state index in [4.69, 9.17) is 4.74 Å². The van der Waals surface area contributed by atoms with Gasteiger partial charge < -0.3 is 15.4 Å². The molecule has 2 amide bonds. The minimum absolute atomic E-state index is 0.0281. The molecule has 1 aliphatic heterocycles. The van der Waals surface area contributed by atoms with Gasteiger partial charge in [0.1, 0.15) is 5.75 Å². The Morgan fingerprint density at radius 2 is 2.04 bits per heavy atom. The van der Waals surface area contributed by atoms with Gasteiger partial charge in [0, 0.05) is 13.1 Å². The molecule has 1 fully saturated rings. The Morgan fingerprint density at radius 1 is 1.35 bits per heavy atom. The smallest absolute Gasteiger partial charge is 0.234 e. The highest BCUT2D eigenvalue weighted by atomic mass is 16.5. The lowest BCUT2D eigenvalue weighted by Crippen LogP contribution is -2.51. The summed E-state index contributed by atoms with van der Waals surface area (Å²) in [6.45, 7) is 5.97. The topological polar surface area (TPSA) is 70.7 Å². The maximum Gasteiger partial charge on any atom is 0.234 e. The Balaban J connectivity index is 1.97. The zero-order valence-electron chi connectivity index (χ0n) is 14.0. The molecule has 0 saturated carbocycles. The maximum absolute atomic E-state index is 12.3. The Morgan fingerprint density at radius 3 is 2.61 bits per heavy atom. The lowest BCUT2D eigenvalue weighted by Gasteiger charge is -2.28. The lowest BCUT2D eigenvalue weighted by atomic mass is 9.96. The summed E-state index contributed by atoms with van der Waals surface area (Å²) in [5.74, 6) is 0.966. The molecule has 1 aromatic carbocycles. The minimum atomic E-state index is -0.0629. The van der Waals surface area contributed by atoms with E-state index in [0.717, 1.165) is 11.3 Å². The standard InChI is InChI=1S/C17H25N3O3/c1-12(2)17(13-4-6-14(23-3)7-5-13)19-16(22)11-20-9-8-18-15(21)10-20/h4-7,12,17H,8-11H2,1-3H3,(H,18,21)(H,19,22). The number of rotatable bonds is 6. The molecule has 23 heavy (non-hydrogen) atoms. The Hall–Kier alpha value is -2.08. The van der Waals surface area contributed by atoms with Gasteiger partial charge in [0.15, 0.2) is 0 Å². The predicted molar refractivity (Wildman–Crippen MR) is 88.2 cm³/mol. The van der Waals surface area contributed by atoms with Crippen LogP contribution in [-0.4, -0.2) is 50.0 Å². The first-order valence-electron chi connectivity index (χ1n) is 7.92. The van der Waals surface area contributed by atoms with Crippen molar-refractivity contribution in [2.75, 3.05) is 33.3 Å². The van der Waals surface area contributed by atoms with Crippen molar-refractivity contribution >= 4 is 11.8 Å². The summed E-state index contributed by atoms with van der Waals surface area (Å²) in [4.78, 5) is 25.6. The molecular formula is C17H25N3O3. The third-order valence-corrected chi connectivity index (χ3v) is 3.94. The van der Waals surface area contributed by atoms with Crippen molar-refractivity contribution in [3.8, 4) is 5.75 Å². The third-order valence-electron chi connectivity index (χ3n) is 3.94. The van der Waals surface area contributed by atoms with Crippen molar-refractivity contribution in [3.05, 3.63) is 29.8 Å². The van der Waals surface area contributed by atoms with E-state index in [0.29, 0.717) is 13.1 Å². The first kappa shape index (κ1) is 17.3. The van der Waals surface area contributed by atoms with Gasteiger partial charge in [-0.05, 0) is 23.6 Å². The number of hydrogen-bond acceptors (Lipinski definition) is 4. The fourth-order valence-corrected chi connectivity index (χ4v) is 2.69. The molecule has 2 N–H and O–H groups in total. The number of carbonyl (C=O) groups is 2. The third kappa shape index (κ3) is 4.96. The number of hydrogen-bond donors (Lipinski definition) is 2. The molecule has 6 heteroatoms. The van der Waals surface area contributed by atoms with Crippen LogP contribution in [0.15, 0.2) is 24.3 Å². The number of benzene rings is 1. The highest BCUT2D eigenvalue weighted by Crippen LogP contribution is 2.23. The summed E-state index contributed by atoms with van der Waals surface area (Å²) in [7, 11) is 1.63. The quantitative estimate of drug-likeness (QED) is 0.819. The summed E-state index contributed by atoms with van der Waals surface area (Å²) in [6, 6.07) is 7.67. The average molecular weight is 319 g/mol. The lowest BCUT2D eigenvalue weighted by molar-refractivity contribution is -0.127. The SMILES string of the molecule is COc1ccc(C(NC(=O)CN2CCNC(=O)C2)C(C)C)cc1. The van der Waals surface area contributed by atoms with Gasteiger partial charge >= 0.3 is 0 Å². The van der Waals surface area contributed by atoms with E-state index < -0.39 is 0 Å². The number of piperazine rings is 1. The highest BCUT2D eigenvalue weighted by Gasteiger charge is 2.22. The maximum atomic E-state index is 12.3. The first-order valence-corrected chi connectivity index (χ1v) is 7.92. The molecule has 0 aromatic heterocycles. The Bertz CT molecular complexity index is 543. The average Bonchev–Trinajstić information content (AvgIpc) is 2.52. The van der Waals surface area contributed by atoms with E-state index in [2.05, 4.69) is 24.5 Å². The highest BCUT2D eigenvalue weighted by molar-refractivity contribution is 5.82. The second-order valence-electron chi connectivity index (χ2n) is 6.12. The molecule has 0 aliphatic carbocycles. The van der Waals surface area contributed by atoms with Gasteiger partial charge in [-0.2, -0.15) is 0 Å². The van der Waals surface area contributed by atoms with Gasteiger partial charge in [-0.25, -0.2) is 0 Å². The van der Waals surface area contributed by atoms with Crippen molar-refractivity contribution in [2.24, 2.45) is 5.92 Å².